The Balaban J connectivity index is 3.06. The smallest absolute Gasteiger partial charge is 0.0503 e. The van der Waals surface area contributed by atoms with Crippen LogP contribution in [0.1, 0.15) is 38.3 Å². The average molecular weight is 261 g/mol. The first-order chi connectivity index (χ1) is 7.63. The van der Waals surface area contributed by atoms with Crippen molar-refractivity contribution in [2.45, 2.75) is 32.7 Å². The van der Waals surface area contributed by atoms with E-state index in [1.807, 2.05) is 12.1 Å². The summed E-state index contributed by atoms with van der Waals surface area (Å²) < 4.78 is 0. The van der Waals surface area contributed by atoms with Gasteiger partial charge in [0, 0.05) is 10.0 Å². The highest BCUT2D eigenvalue weighted by molar-refractivity contribution is 6.33. The summed E-state index contributed by atoms with van der Waals surface area (Å²) >= 11 is 12.2. The number of rotatable bonds is 5. The maximum Gasteiger partial charge on any atom is 0.0503 e. The minimum absolute atomic E-state index is 0.0567. The Bertz CT molecular complexity index is 338. The lowest BCUT2D eigenvalue weighted by atomic mass is 9.89. The molecule has 0 saturated heterocycles. The first-order valence-electron chi connectivity index (χ1n) is 5.55. The molecule has 0 spiro atoms. The van der Waals surface area contributed by atoms with E-state index >= 15 is 0 Å². The van der Waals surface area contributed by atoms with E-state index in [2.05, 4.69) is 19.3 Å². The summed E-state index contributed by atoms with van der Waals surface area (Å²) in [4.78, 5) is 0. The van der Waals surface area contributed by atoms with Gasteiger partial charge in [0.05, 0.1) is 6.04 Å². The van der Waals surface area contributed by atoms with Crippen LogP contribution in [0.2, 0.25) is 10.0 Å². The van der Waals surface area contributed by atoms with Crippen molar-refractivity contribution in [2.75, 3.05) is 0 Å². The van der Waals surface area contributed by atoms with Crippen LogP contribution in [0.3, 0.4) is 0 Å². The largest absolute Gasteiger partial charge is 0.271 e. The van der Waals surface area contributed by atoms with Crippen molar-refractivity contribution in [3.63, 3.8) is 0 Å². The van der Waals surface area contributed by atoms with Crippen LogP contribution in [-0.2, 0) is 0 Å². The van der Waals surface area contributed by atoms with Gasteiger partial charge in [0.25, 0.3) is 0 Å². The third-order valence-electron chi connectivity index (χ3n) is 2.99. The van der Waals surface area contributed by atoms with E-state index in [1.165, 1.54) is 0 Å². The normalized spacial score (nSPS) is 13.1. The third-order valence-corrected chi connectivity index (χ3v) is 3.57. The van der Waals surface area contributed by atoms with E-state index in [0.717, 1.165) is 18.4 Å². The zero-order valence-electron chi connectivity index (χ0n) is 9.63. The molecule has 3 N–H and O–H groups in total. The maximum atomic E-state index is 6.17. The van der Waals surface area contributed by atoms with Crippen LogP contribution in [0.25, 0.3) is 0 Å². The molecule has 0 aromatic heterocycles. The van der Waals surface area contributed by atoms with Crippen LogP contribution in [0.5, 0.6) is 0 Å². The van der Waals surface area contributed by atoms with Gasteiger partial charge in [-0.1, -0.05) is 49.9 Å². The summed E-state index contributed by atoms with van der Waals surface area (Å²) in [5, 5.41) is 1.39. The maximum absolute atomic E-state index is 6.17. The molecule has 0 saturated carbocycles. The highest BCUT2D eigenvalue weighted by atomic mass is 35.5. The molecule has 2 nitrogen and oxygen atoms in total. The molecular weight excluding hydrogens is 243 g/mol. The van der Waals surface area contributed by atoms with Crippen molar-refractivity contribution >= 4 is 23.2 Å². The second kappa shape index (κ2) is 6.45. The van der Waals surface area contributed by atoms with Crippen molar-refractivity contribution in [3.8, 4) is 0 Å². The summed E-state index contributed by atoms with van der Waals surface area (Å²) in [5.41, 5.74) is 3.82. The Morgan fingerprint density at radius 2 is 1.88 bits per heavy atom. The van der Waals surface area contributed by atoms with Crippen LogP contribution in [-0.4, -0.2) is 0 Å². The van der Waals surface area contributed by atoms with E-state index in [4.69, 9.17) is 29.0 Å². The van der Waals surface area contributed by atoms with Gasteiger partial charge in [-0.15, -0.1) is 0 Å². The van der Waals surface area contributed by atoms with E-state index in [1.54, 1.807) is 6.07 Å². The molecular formula is C12H18Cl2N2. The molecule has 16 heavy (non-hydrogen) atoms. The second-order valence-corrected chi connectivity index (χ2v) is 4.73. The number of hydrazine groups is 1. The van der Waals surface area contributed by atoms with Gasteiger partial charge in [0.15, 0.2) is 0 Å². The van der Waals surface area contributed by atoms with Crippen LogP contribution in [0, 0.1) is 5.92 Å². The lowest BCUT2D eigenvalue weighted by Gasteiger charge is -2.25. The van der Waals surface area contributed by atoms with Gasteiger partial charge in [0.1, 0.15) is 0 Å². The van der Waals surface area contributed by atoms with Crippen LogP contribution in [0.15, 0.2) is 18.2 Å². The lowest BCUT2D eigenvalue weighted by Crippen LogP contribution is -2.33. The summed E-state index contributed by atoms with van der Waals surface area (Å²) in [6.45, 7) is 4.30. The zero-order valence-corrected chi connectivity index (χ0v) is 11.1. The van der Waals surface area contributed by atoms with Crippen molar-refractivity contribution < 1.29 is 0 Å². The monoisotopic (exact) mass is 260 g/mol. The Kier molecular flexibility index (Phi) is 5.56. The minimum Gasteiger partial charge on any atom is -0.271 e. The van der Waals surface area contributed by atoms with Crippen LogP contribution >= 0.6 is 23.2 Å². The fraction of sp³-hybridized carbons (Fsp3) is 0.500. The molecule has 0 aliphatic carbocycles. The molecule has 0 amide bonds. The topological polar surface area (TPSA) is 38.0 Å². The predicted molar refractivity (Wildman–Crippen MR) is 70.6 cm³/mol. The molecule has 90 valence electrons. The molecule has 0 heterocycles. The van der Waals surface area contributed by atoms with Crippen molar-refractivity contribution in [1.29, 1.82) is 0 Å². The molecule has 1 unspecified atom stereocenters. The Morgan fingerprint density at radius 3 is 2.38 bits per heavy atom. The van der Waals surface area contributed by atoms with Gasteiger partial charge in [0.2, 0.25) is 0 Å². The third kappa shape index (κ3) is 3.11. The fourth-order valence-corrected chi connectivity index (χ4v) is 2.41. The van der Waals surface area contributed by atoms with Gasteiger partial charge >= 0.3 is 0 Å². The van der Waals surface area contributed by atoms with E-state index in [-0.39, 0.29) is 6.04 Å². The number of nitrogens with one attached hydrogen (secondary N) is 1. The SMILES string of the molecule is CCC(CC)C(NN)c1cc(Cl)ccc1Cl. The fourth-order valence-electron chi connectivity index (χ4n) is 1.99. The molecule has 1 aromatic carbocycles. The van der Waals surface area contributed by atoms with Crippen molar-refractivity contribution in [2.24, 2.45) is 11.8 Å². The van der Waals surface area contributed by atoms with Gasteiger partial charge in [-0.25, -0.2) is 0 Å². The second-order valence-electron chi connectivity index (χ2n) is 3.89. The van der Waals surface area contributed by atoms with Crippen LogP contribution in [0.4, 0.5) is 0 Å². The number of halogens is 2. The molecule has 0 fully saturated rings. The van der Waals surface area contributed by atoms with Gasteiger partial charge in [-0.3, -0.25) is 11.3 Å². The number of benzene rings is 1. The first-order valence-corrected chi connectivity index (χ1v) is 6.30. The van der Waals surface area contributed by atoms with E-state index < -0.39 is 0 Å². The molecule has 0 aliphatic heterocycles. The highest BCUT2D eigenvalue weighted by Gasteiger charge is 2.21. The van der Waals surface area contributed by atoms with E-state index in [0.29, 0.717) is 16.0 Å². The molecule has 1 rings (SSSR count). The summed E-state index contributed by atoms with van der Waals surface area (Å²) in [6.07, 6.45) is 2.10. The lowest BCUT2D eigenvalue weighted by molar-refractivity contribution is 0.345. The van der Waals surface area contributed by atoms with Gasteiger partial charge in [-0.2, -0.15) is 0 Å². The van der Waals surface area contributed by atoms with Crippen molar-refractivity contribution in [3.05, 3.63) is 33.8 Å². The molecule has 0 bridgehead atoms. The zero-order chi connectivity index (χ0) is 12.1. The Hall–Kier alpha value is -0.280. The molecule has 0 aliphatic rings. The molecule has 1 atom stereocenters. The average Bonchev–Trinajstić information content (AvgIpc) is 2.29. The van der Waals surface area contributed by atoms with Crippen molar-refractivity contribution in [1.82, 2.24) is 5.43 Å². The predicted octanol–water partition coefficient (Wildman–Crippen LogP) is 3.93. The number of hydrogen-bond acceptors (Lipinski definition) is 2. The quantitative estimate of drug-likeness (QED) is 0.622. The Morgan fingerprint density at radius 1 is 1.25 bits per heavy atom. The summed E-state index contributed by atoms with van der Waals surface area (Å²) in [7, 11) is 0. The number of hydrogen-bond donors (Lipinski definition) is 2. The number of nitrogens with two attached hydrogens (primary N) is 1. The summed E-state index contributed by atoms with van der Waals surface area (Å²) in [5.74, 6) is 6.08. The minimum atomic E-state index is 0.0567. The highest BCUT2D eigenvalue weighted by Crippen LogP contribution is 2.33. The summed E-state index contributed by atoms with van der Waals surface area (Å²) in [6, 6.07) is 5.54. The first kappa shape index (κ1) is 13.8. The standard InChI is InChI=1S/C12H18Cl2N2/c1-3-8(4-2)12(16-15)10-7-9(13)5-6-11(10)14/h5-8,12,16H,3-4,15H2,1-2H3. The van der Waals surface area contributed by atoms with Gasteiger partial charge in [-0.05, 0) is 29.7 Å². The molecule has 1 aromatic rings. The van der Waals surface area contributed by atoms with Gasteiger partial charge < -0.3 is 0 Å². The van der Waals surface area contributed by atoms with E-state index in [9.17, 15) is 0 Å². The molecule has 4 heteroatoms. The molecule has 0 radical (unpaired) electrons. The Labute approximate surface area is 107 Å². The van der Waals surface area contributed by atoms with Crippen LogP contribution < -0.4 is 11.3 Å².